The number of hydrogen-bond donors (Lipinski definition) is 0. The number of ether oxygens (including phenoxy) is 1. The molecular weight excluding hydrogens is 140 g/mol. The van der Waals surface area contributed by atoms with E-state index in [0.29, 0.717) is 5.92 Å². The van der Waals surface area contributed by atoms with Crippen LogP contribution in [0.25, 0.3) is 0 Å². The lowest BCUT2D eigenvalue weighted by Gasteiger charge is -2.07. The molecule has 1 aliphatic carbocycles. The van der Waals surface area contributed by atoms with E-state index in [2.05, 4.69) is 6.58 Å². The lowest BCUT2D eigenvalue weighted by molar-refractivity contribution is -0.143. The standard InChI is InChI=1S/C9H12O2/c1-2-6-7-4-3-5-8(7)11-9(6)10/h2,6-8H,1,3-5H2/t6-,7-,8-/m1/s1. The van der Waals surface area contributed by atoms with Crippen molar-refractivity contribution >= 4 is 5.97 Å². The third-order valence-electron chi connectivity index (χ3n) is 2.76. The van der Waals surface area contributed by atoms with E-state index in [0.717, 1.165) is 12.8 Å². The van der Waals surface area contributed by atoms with Gasteiger partial charge in [0.2, 0.25) is 0 Å². The van der Waals surface area contributed by atoms with Crippen LogP contribution in [0.15, 0.2) is 12.7 Å². The van der Waals surface area contributed by atoms with Gasteiger partial charge >= 0.3 is 5.97 Å². The summed E-state index contributed by atoms with van der Waals surface area (Å²) in [5, 5.41) is 0. The van der Waals surface area contributed by atoms with Gasteiger partial charge in [0, 0.05) is 5.92 Å². The van der Waals surface area contributed by atoms with Gasteiger partial charge in [-0.3, -0.25) is 4.79 Å². The number of carbonyl (C=O) groups excluding carboxylic acids is 1. The molecule has 0 amide bonds. The molecule has 2 rings (SSSR count). The zero-order valence-electron chi connectivity index (χ0n) is 6.45. The number of fused-ring (bicyclic) bond motifs is 1. The SMILES string of the molecule is C=C[C@H]1C(=O)O[C@@H]2CCC[C@@H]21. The molecule has 0 N–H and O–H groups in total. The minimum Gasteiger partial charge on any atom is -0.462 e. The quantitative estimate of drug-likeness (QED) is 0.420. The van der Waals surface area contributed by atoms with Crippen LogP contribution in [0.1, 0.15) is 19.3 Å². The topological polar surface area (TPSA) is 26.3 Å². The summed E-state index contributed by atoms with van der Waals surface area (Å²) >= 11 is 0. The van der Waals surface area contributed by atoms with Crippen LogP contribution in [-0.4, -0.2) is 12.1 Å². The highest BCUT2D eigenvalue weighted by atomic mass is 16.6. The van der Waals surface area contributed by atoms with Gasteiger partial charge in [-0.2, -0.15) is 0 Å². The van der Waals surface area contributed by atoms with E-state index in [4.69, 9.17) is 4.74 Å². The summed E-state index contributed by atoms with van der Waals surface area (Å²) in [6.45, 7) is 3.65. The predicted molar refractivity (Wildman–Crippen MR) is 40.9 cm³/mol. The minimum atomic E-state index is -0.0605. The molecule has 0 unspecified atom stereocenters. The van der Waals surface area contributed by atoms with E-state index in [-0.39, 0.29) is 18.0 Å². The second kappa shape index (κ2) is 2.36. The number of carbonyl (C=O) groups is 1. The van der Waals surface area contributed by atoms with Crippen LogP contribution >= 0.6 is 0 Å². The van der Waals surface area contributed by atoms with Crippen LogP contribution in [0, 0.1) is 11.8 Å². The molecule has 0 radical (unpaired) electrons. The highest BCUT2D eigenvalue weighted by Crippen LogP contribution is 2.40. The minimum absolute atomic E-state index is 0.0116. The average Bonchev–Trinajstić information content (AvgIpc) is 2.46. The van der Waals surface area contributed by atoms with Crippen molar-refractivity contribution in [3.8, 4) is 0 Å². The first kappa shape index (κ1) is 6.89. The van der Waals surface area contributed by atoms with Crippen LogP contribution in [0.5, 0.6) is 0 Å². The fourth-order valence-electron chi connectivity index (χ4n) is 2.19. The van der Waals surface area contributed by atoms with Crippen LogP contribution in [0.2, 0.25) is 0 Å². The molecule has 1 saturated heterocycles. The maximum Gasteiger partial charge on any atom is 0.313 e. The number of hydrogen-bond acceptors (Lipinski definition) is 2. The van der Waals surface area contributed by atoms with Crippen LogP contribution in [0.3, 0.4) is 0 Å². The highest BCUT2D eigenvalue weighted by molar-refractivity contribution is 5.77. The Bertz CT molecular complexity index is 198. The molecule has 0 aromatic rings. The fourth-order valence-corrected chi connectivity index (χ4v) is 2.19. The van der Waals surface area contributed by atoms with Gasteiger partial charge in [-0.05, 0) is 19.3 Å². The fraction of sp³-hybridized carbons (Fsp3) is 0.667. The van der Waals surface area contributed by atoms with Gasteiger partial charge in [0.15, 0.2) is 0 Å². The first-order chi connectivity index (χ1) is 5.33. The normalized spacial score (nSPS) is 41.8. The first-order valence-corrected chi connectivity index (χ1v) is 4.16. The second-order valence-corrected chi connectivity index (χ2v) is 3.33. The molecule has 2 fully saturated rings. The summed E-state index contributed by atoms with van der Waals surface area (Å²) in [5.41, 5.74) is 0. The Morgan fingerprint density at radius 1 is 1.55 bits per heavy atom. The Labute approximate surface area is 66.2 Å². The summed E-state index contributed by atoms with van der Waals surface area (Å²) in [6.07, 6.45) is 5.34. The summed E-state index contributed by atoms with van der Waals surface area (Å²) in [5.74, 6) is 0.372. The smallest absolute Gasteiger partial charge is 0.313 e. The van der Waals surface area contributed by atoms with Crippen molar-refractivity contribution in [1.82, 2.24) is 0 Å². The largest absolute Gasteiger partial charge is 0.462 e. The van der Waals surface area contributed by atoms with E-state index < -0.39 is 0 Å². The van der Waals surface area contributed by atoms with Crippen LogP contribution in [-0.2, 0) is 9.53 Å². The van der Waals surface area contributed by atoms with Crippen molar-refractivity contribution in [1.29, 1.82) is 0 Å². The summed E-state index contributed by atoms with van der Waals surface area (Å²) < 4.78 is 5.18. The van der Waals surface area contributed by atoms with E-state index >= 15 is 0 Å². The maximum absolute atomic E-state index is 11.1. The first-order valence-electron chi connectivity index (χ1n) is 4.16. The molecular formula is C9H12O2. The summed E-state index contributed by atoms with van der Waals surface area (Å²) in [7, 11) is 0. The van der Waals surface area contributed by atoms with Gasteiger partial charge in [0.1, 0.15) is 6.10 Å². The van der Waals surface area contributed by atoms with Crippen molar-refractivity contribution in [3.05, 3.63) is 12.7 Å². The molecule has 60 valence electrons. The lowest BCUT2D eigenvalue weighted by atomic mass is 9.92. The molecule has 2 nitrogen and oxygen atoms in total. The highest BCUT2D eigenvalue weighted by Gasteiger charge is 2.45. The molecule has 0 bridgehead atoms. The van der Waals surface area contributed by atoms with Gasteiger partial charge in [-0.25, -0.2) is 0 Å². The number of esters is 1. The molecule has 1 aliphatic heterocycles. The third-order valence-corrected chi connectivity index (χ3v) is 2.76. The summed E-state index contributed by atoms with van der Waals surface area (Å²) in [6, 6.07) is 0. The molecule has 0 aromatic heterocycles. The zero-order chi connectivity index (χ0) is 7.84. The van der Waals surface area contributed by atoms with Crippen molar-refractivity contribution in [2.24, 2.45) is 11.8 Å². The van der Waals surface area contributed by atoms with Crippen molar-refractivity contribution in [2.75, 3.05) is 0 Å². The van der Waals surface area contributed by atoms with Gasteiger partial charge < -0.3 is 4.74 Å². The zero-order valence-corrected chi connectivity index (χ0v) is 6.45. The van der Waals surface area contributed by atoms with Crippen molar-refractivity contribution in [3.63, 3.8) is 0 Å². The van der Waals surface area contributed by atoms with Gasteiger partial charge in [0.25, 0.3) is 0 Å². The Morgan fingerprint density at radius 3 is 3.09 bits per heavy atom. The Hall–Kier alpha value is -0.790. The van der Waals surface area contributed by atoms with Crippen molar-refractivity contribution in [2.45, 2.75) is 25.4 Å². The Balaban J connectivity index is 2.19. The molecule has 11 heavy (non-hydrogen) atoms. The van der Waals surface area contributed by atoms with Crippen LogP contribution < -0.4 is 0 Å². The molecule has 3 atom stereocenters. The lowest BCUT2D eigenvalue weighted by Crippen LogP contribution is -2.12. The van der Waals surface area contributed by atoms with Gasteiger partial charge in [0.05, 0.1) is 5.92 Å². The predicted octanol–water partition coefficient (Wildman–Crippen LogP) is 1.51. The van der Waals surface area contributed by atoms with Gasteiger partial charge in [-0.1, -0.05) is 6.08 Å². The molecule has 2 heteroatoms. The molecule has 1 saturated carbocycles. The van der Waals surface area contributed by atoms with E-state index in [1.165, 1.54) is 6.42 Å². The summed E-state index contributed by atoms with van der Waals surface area (Å²) in [4.78, 5) is 11.1. The van der Waals surface area contributed by atoms with Crippen molar-refractivity contribution < 1.29 is 9.53 Å². The molecule has 0 spiro atoms. The third kappa shape index (κ3) is 0.889. The number of rotatable bonds is 1. The van der Waals surface area contributed by atoms with Crippen LogP contribution in [0.4, 0.5) is 0 Å². The van der Waals surface area contributed by atoms with Gasteiger partial charge in [-0.15, -0.1) is 6.58 Å². The molecule has 2 aliphatic rings. The van der Waals surface area contributed by atoms with E-state index in [1.54, 1.807) is 6.08 Å². The molecule has 1 heterocycles. The monoisotopic (exact) mass is 152 g/mol. The second-order valence-electron chi connectivity index (χ2n) is 3.33. The Kier molecular flexibility index (Phi) is 1.48. The Morgan fingerprint density at radius 2 is 2.36 bits per heavy atom. The van der Waals surface area contributed by atoms with E-state index in [9.17, 15) is 4.79 Å². The molecule has 0 aromatic carbocycles. The maximum atomic E-state index is 11.1. The van der Waals surface area contributed by atoms with E-state index in [1.807, 2.05) is 0 Å². The average molecular weight is 152 g/mol.